The predicted molar refractivity (Wildman–Crippen MR) is 163 cm³/mol. The van der Waals surface area contributed by atoms with Crippen LogP contribution in [-0.2, 0) is 20.5 Å². The Balaban J connectivity index is 2.27. The molecule has 2 aromatic rings. The third-order valence-corrected chi connectivity index (χ3v) is 8.25. The lowest BCUT2D eigenvalue weighted by molar-refractivity contribution is 0.0435. The van der Waals surface area contributed by atoms with Gasteiger partial charge in [0.2, 0.25) is 0 Å². The number of hydrogen-bond acceptors (Lipinski definition) is 7. The molecule has 2 rings (SSSR count). The van der Waals surface area contributed by atoms with Crippen LogP contribution in [0, 0.1) is 0 Å². The third kappa shape index (κ3) is 12.8. The first-order chi connectivity index (χ1) is 19.2. The van der Waals surface area contributed by atoms with Crippen molar-refractivity contribution in [1.29, 1.82) is 0 Å². The zero-order valence-electron chi connectivity index (χ0n) is 24.7. The molecule has 0 bridgehead atoms. The summed E-state index contributed by atoms with van der Waals surface area (Å²) in [5, 5.41) is 3.49. The number of aryl methyl sites for hydroxylation is 1. The van der Waals surface area contributed by atoms with Crippen molar-refractivity contribution in [1.82, 2.24) is 5.32 Å². The first kappa shape index (κ1) is 35.3. The van der Waals surface area contributed by atoms with Gasteiger partial charge >= 0.3 is 13.7 Å². The van der Waals surface area contributed by atoms with Crippen LogP contribution < -0.4 is 14.8 Å². The molecule has 0 aliphatic carbocycles. The molecule has 0 heterocycles. The summed E-state index contributed by atoms with van der Waals surface area (Å²) < 4.78 is 33.7. The number of rotatable bonds is 16. The van der Waals surface area contributed by atoms with Crippen molar-refractivity contribution >= 4 is 37.1 Å². The van der Waals surface area contributed by atoms with Crippen molar-refractivity contribution in [2.45, 2.75) is 87.7 Å². The van der Waals surface area contributed by atoms with Gasteiger partial charge in [-0.15, -0.1) is 0 Å². The molecule has 3 N–H and O–H groups in total. The van der Waals surface area contributed by atoms with E-state index in [1.54, 1.807) is 27.9 Å². The smallest absolute Gasteiger partial charge is 0.408 e. The second-order valence-corrected chi connectivity index (χ2v) is 14.0. The highest BCUT2D eigenvalue weighted by Gasteiger charge is 2.35. The number of ether oxygens (including phenoxy) is 4. The normalized spacial score (nSPS) is 13.4. The van der Waals surface area contributed by atoms with Crippen molar-refractivity contribution in [2.24, 2.45) is 0 Å². The van der Waals surface area contributed by atoms with Gasteiger partial charge in [-0.2, -0.15) is 0 Å². The maximum atomic E-state index is 12.7. The highest BCUT2D eigenvalue weighted by atomic mass is 35.5. The second-order valence-electron chi connectivity index (χ2n) is 10.7. The van der Waals surface area contributed by atoms with Gasteiger partial charge < -0.3 is 34.1 Å². The molecule has 230 valence electrons. The molecule has 0 aliphatic rings. The van der Waals surface area contributed by atoms with Crippen molar-refractivity contribution in [3.63, 3.8) is 0 Å². The minimum absolute atomic E-state index is 0.107. The van der Waals surface area contributed by atoms with E-state index in [1.165, 1.54) is 11.8 Å². The Labute approximate surface area is 252 Å². The third-order valence-electron chi connectivity index (χ3n) is 6.06. The Bertz CT molecular complexity index is 1190. The van der Waals surface area contributed by atoms with E-state index in [2.05, 4.69) is 5.32 Å². The van der Waals surface area contributed by atoms with E-state index in [0.29, 0.717) is 43.1 Å². The Kier molecular flexibility index (Phi) is 13.8. The maximum absolute atomic E-state index is 12.7. The first-order valence-electron chi connectivity index (χ1n) is 13.6. The molecule has 0 spiro atoms. The van der Waals surface area contributed by atoms with Gasteiger partial charge in [-0.1, -0.05) is 42.8 Å². The Morgan fingerprint density at radius 3 is 2.37 bits per heavy atom. The maximum Gasteiger partial charge on any atom is 0.408 e. The fourth-order valence-corrected chi connectivity index (χ4v) is 6.31. The minimum Gasteiger partial charge on any atom is -0.494 e. The van der Waals surface area contributed by atoms with Gasteiger partial charge in [-0.25, -0.2) is 4.79 Å². The van der Waals surface area contributed by atoms with Crippen molar-refractivity contribution in [2.75, 3.05) is 26.7 Å². The van der Waals surface area contributed by atoms with Crippen LogP contribution in [0.3, 0.4) is 0 Å². The average Bonchev–Trinajstić information content (AvgIpc) is 2.85. The molecule has 12 heteroatoms. The number of nitrogens with one attached hydrogen (secondary N) is 1. The van der Waals surface area contributed by atoms with Crippen LogP contribution >= 0.6 is 31.0 Å². The fraction of sp³-hybridized carbons (Fsp3) is 0.552. The largest absolute Gasteiger partial charge is 0.494 e. The summed E-state index contributed by atoms with van der Waals surface area (Å²) in [5.74, 6) is 1.38. The number of alkyl carbamates (subject to hydrolysis) is 1. The molecule has 1 amide bonds. The van der Waals surface area contributed by atoms with E-state index in [9.17, 15) is 19.1 Å². The van der Waals surface area contributed by atoms with E-state index >= 15 is 0 Å². The predicted octanol–water partition coefficient (Wildman–Crippen LogP) is 7.44. The minimum atomic E-state index is -4.28. The summed E-state index contributed by atoms with van der Waals surface area (Å²) in [6.07, 6.45) is 1.29. The lowest BCUT2D eigenvalue weighted by atomic mass is 9.84. The van der Waals surface area contributed by atoms with E-state index in [4.69, 9.17) is 30.5 Å². The van der Waals surface area contributed by atoms with E-state index in [0.717, 1.165) is 21.1 Å². The molecule has 2 aromatic carbocycles. The van der Waals surface area contributed by atoms with Crippen molar-refractivity contribution in [3.8, 4) is 11.5 Å². The van der Waals surface area contributed by atoms with Crippen LogP contribution in [0.4, 0.5) is 4.79 Å². The van der Waals surface area contributed by atoms with Gasteiger partial charge in [0.05, 0.1) is 17.7 Å². The second kappa shape index (κ2) is 16.1. The van der Waals surface area contributed by atoms with Gasteiger partial charge in [-0.05, 0) is 89.3 Å². The molecule has 0 saturated carbocycles. The molecule has 0 fully saturated rings. The fourth-order valence-electron chi connectivity index (χ4n) is 4.28. The molecule has 41 heavy (non-hydrogen) atoms. The van der Waals surface area contributed by atoms with Crippen LogP contribution in [-0.4, -0.2) is 53.7 Å². The van der Waals surface area contributed by atoms with Gasteiger partial charge in [-0.3, -0.25) is 4.57 Å². The zero-order chi connectivity index (χ0) is 30.7. The average molecular weight is 632 g/mol. The molecule has 0 saturated heterocycles. The quantitative estimate of drug-likeness (QED) is 0.128. The summed E-state index contributed by atoms with van der Waals surface area (Å²) in [4.78, 5) is 33.7. The zero-order valence-corrected chi connectivity index (χ0v) is 27.2. The lowest BCUT2D eigenvalue weighted by Gasteiger charge is -2.36. The molecule has 0 aliphatic heterocycles. The molecule has 0 unspecified atom stereocenters. The Morgan fingerprint density at radius 1 is 1.05 bits per heavy atom. The van der Waals surface area contributed by atoms with E-state index < -0.39 is 24.8 Å². The van der Waals surface area contributed by atoms with E-state index in [1.807, 2.05) is 50.2 Å². The standard InChI is InChI=1S/C29H43ClNO8PS/c1-7-14-29(16-17-40(33,34)35,31-27(32)39-28(3,4)5)15-13-21-9-11-23(19-24(21)30)41-26-18-22(37-8-2)10-12-25(26)38-20-36-6/h9-12,18-19H,7-8,13-17,20H2,1-6H3,(H,31,32)(H2,33,34,35)/t29-/m0/s1. The topological polar surface area (TPSA) is 124 Å². The molecular weight excluding hydrogens is 589 g/mol. The summed E-state index contributed by atoms with van der Waals surface area (Å²) in [5.41, 5.74) is -0.723. The summed E-state index contributed by atoms with van der Waals surface area (Å²) in [6, 6.07) is 11.3. The number of carbonyl (C=O) groups excluding carboxylic acids is 1. The molecule has 0 aromatic heterocycles. The lowest BCUT2D eigenvalue weighted by Crippen LogP contribution is -2.51. The number of hydrogen-bond donors (Lipinski definition) is 3. The van der Waals surface area contributed by atoms with Gasteiger partial charge in [0.15, 0.2) is 6.79 Å². The SMILES string of the molecule is CCC[C@](CCc1ccc(Sc2cc(OCC)ccc2OCOC)cc1Cl)(CCP(=O)(O)O)NC(=O)OC(C)(C)C. The molecule has 0 radical (unpaired) electrons. The van der Waals surface area contributed by atoms with Gasteiger partial charge in [0.1, 0.15) is 17.1 Å². The number of amides is 1. The molecular formula is C29H43ClNO8PS. The van der Waals surface area contributed by atoms with Crippen molar-refractivity contribution in [3.05, 3.63) is 47.0 Å². The van der Waals surface area contributed by atoms with Gasteiger partial charge in [0.25, 0.3) is 0 Å². The molecule has 9 nitrogen and oxygen atoms in total. The van der Waals surface area contributed by atoms with Gasteiger partial charge in [0, 0.05) is 22.6 Å². The number of halogens is 1. The summed E-state index contributed by atoms with van der Waals surface area (Å²) in [7, 11) is -2.72. The number of methoxy groups -OCH3 is 1. The van der Waals surface area contributed by atoms with Crippen LogP contribution in [0.25, 0.3) is 0 Å². The number of carbonyl (C=O) groups is 1. The van der Waals surface area contributed by atoms with Crippen molar-refractivity contribution < 1.29 is 38.1 Å². The first-order valence-corrected chi connectivity index (χ1v) is 16.6. The van der Waals surface area contributed by atoms with E-state index in [-0.39, 0.29) is 19.4 Å². The Hall–Kier alpha value is -1.94. The van der Waals surface area contributed by atoms with Crippen LogP contribution in [0.5, 0.6) is 11.5 Å². The summed E-state index contributed by atoms with van der Waals surface area (Å²) in [6.45, 7) is 9.84. The van der Waals surface area contributed by atoms with Crippen LogP contribution in [0.2, 0.25) is 5.02 Å². The van der Waals surface area contributed by atoms with Crippen LogP contribution in [0.15, 0.2) is 46.2 Å². The highest BCUT2D eigenvalue weighted by molar-refractivity contribution is 7.99. The number of benzene rings is 2. The summed E-state index contributed by atoms with van der Waals surface area (Å²) >= 11 is 8.20. The Morgan fingerprint density at radius 2 is 1.78 bits per heavy atom. The highest BCUT2D eigenvalue weighted by Crippen LogP contribution is 2.41. The molecule has 1 atom stereocenters. The van der Waals surface area contributed by atoms with Crippen LogP contribution in [0.1, 0.15) is 65.9 Å². The monoisotopic (exact) mass is 631 g/mol.